The third-order valence-electron chi connectivity index (χ3n) is 4.02. The minimum Gasteiger partial charge on any atom is -0.357 e. The molecule has 1 aliphatic rings. The predicted molar refractivity (Wildman–Crippen MR) is 110 cm³/mol. The third-order valence-corrected chi connectivity index (χ3v) is 4.02. The first-order valence-corrected chi connectivity index (χ1v) is 8.62. The Bertz CT molecular complexity index is 582. The van der Waals surface area contributed by atoms with Gasteiger partial charge in [-0.05, 0) is 37.5 Å². The molecule has 0 aromatic heterocycles. The van der Waals surface area contributed by atoms with Gasteiger partial charge in [0.1, 0.15) is 5.82 Å². The Morgan fingerprint density at radius 2 is 2.24 bits per heavy atom. The number of carbonyl (C=O) groups is 1. The van der Waals surface area contributed by atoms with Crippen LogP contribution in [0.15, 0.2) is 29.3 Å². The topological polar surface area (TPSA) is 47.9 Å². The summed E-state index contributed by atoms with van der Waals surface area (Å²) < 4.78 is 13.3. The first kappa shape index (κ1) is 21.7. The molecule has 2 rings (SSSR count). The van der Waals surface area contributed by atoms with Crippen molar-refractivity contribution in [3.8, 4) is 0 Å². The summed E-state index contributed by atoms with van der Waals surface area (Å²) >= 11 is 0. The van der Waals surface area contributed by atoms with Gasteiger partial charge in [0, 0.05) is 46.2 Å². The molecular weight excluding hydrogens is 434 g/mol. The van der Waals surface area contributed by atoms with Gasteiger partial charge in [0.15, 0.2) is 5.96 Å². The van der Waals surface area contributed by atoms with Gasteiger partial charge in [-0.25, -0.2) is 4.39 Å². The Labute approximate surface area is 166 Å². The van der Waals surface area contributed by atoms with Gasteiger partial charge in [-0.3, -0.25) is 9.79 Å². The number of guanidine groups is 1. The Morgan fingerprint density at radius 3 is 2.88 bits per heavy atom. The van der Waals surface area contributed by atoms with E-state index in [-0.39, 0.29) is 35.7 Å². The molecule has 1 saturated heterocycles. The highest BCUT2D eigenvalue weighted by Crippen LogP contribution is 2.10. The monoisotopic (exact) mass is 462 g/mol. The molecule has 25 heavy (non-hydrogen) atoms. The summed E-state index contributed by atoms with van der Waals surface area (Å²) in [6.07, 6.45) is 2.51. The lowest BCUT2D eigenvalue weighted by molar-refractivity contribution is -0.127. The number of aliphatic imine (C=N–C) groups is 1. The number of rotatable bonds is 7. The molecule has 0 spiro atoms. The maximum Gasteiger partial charge on any atom is 0.222 e. The molecule has 140 valence electrons. The molecular formula is C18H28FIN4O. The van der Waals surface area contributed by atoms with Gasteiger partial charge >= 0.3 is 0 Å². The van der Waals surface area contributed by atoms with Gasteiger partial charge in [-0.2, -0.15) is 0 Å². The summed E-state index contributed by atoms with van der Waals surface area (Å²) in [6, 6.07) is 6.61. The van der Waals surface area contributed by atoms with Crippen LogP contribution in [0.2, 0.25) is 0 Å². The van der Waals surface area contributed by atoms with Crippen LogP contribution in [0.5, 0.6) is 0 Å². The maximum absolute atomic E-state index is 13.3. The van der Waals surface area contributed by atoms with Crippen LogP contribution in [0.25, 0.3) is 0 Å². The molecule has 5 nitrogen and oxygen atoms in total. The van der Waals surface area contributed by atoms with Crippen molar-refractivity contribution in [1.29, 1.82) is 0 Å². The van der Waals surface area contributed by atoms with Gasteiger partial charge in [0.2, 0.25) is 5.91 Å². The second-order valence-corrected chi connectivity index (χ2v) is 6.06. The Hall–Kier alpha value is -1.38. The van der Waals surface area contributed by atoms with Gasteiger partial charge in [0.05, 0.1) is 0 Å². The van der Waals surface area contributed by atoms with Crippen molar-refractivity contribution in [2.24, 2.45) is 4.99 Å². The van der Waals surface area contributed by atoms with Crippen molar-refractivity contribution in [2.45, 2.75) is 32.7 Å². The van der Waals surface area contributed by atoms with Crippen molar-refractivity contribution in [3.63, 3.8) is 0 Å². The Morgan fingerprint density at radius 1 is 1.44 bits per heavy atom. The zero-order valence-corrected chi connectivity index (χ0v) is 17.3. The zero-order valence-electron chi connectivity index (χ0n) is 15.0. The minimum atomic E-state index is -0.224. The fraction of sp³-hybridized carbons (Fsp3) is 0.556. The van der Waals surface area contributed by atoms with E-state index in [1.54, 1.807) is 12.1 Å². The average Bonchev–Trinajstić information content (AvgIpc) is 2.95. The number of nitrogens with zero attached hydrogens (tertiary/aromatic N) is 3. The Kier molecular flexibility index (Phi) is 9.77. The maximum atomic E-state index is 13.3. The molecule has 0 bridgehead atoms. The highest BCUT2D eigenvalue weighted by atomic mass is 127. The number of benzene rings is 1. The number of amides is 1. The zero-order chi connectivity index (χ0) is 17.4. The fourth-order valence-corrected chi connectivity index (χ4v) is 2.84. The second-order valence-electron chi connectivity index (χ2n) is 6.06. The molecule has 0 radical (unpaired) electrons. The molecule has 1 fully saturated rings. The molecule has 7 heteroatoms. The summed E-state index contributed by atoms with van der Waals surface area (Å²) in [4.78, 5) is 20.1. The van der Waals surface area contributed by atoms with Crippen molar-refractivity contribution < 1.29 is 9.18 Å². The molecule has 1 aromatic rings. The van der Waals surface area contributed by atoms with Crippen molar-refractivity contribution in [2.75, 3.05) is 33.2 Å². The summed E-state index contributed by atoms with van der Waals surface area (Å²) in [5.74, 6) is 0.835. The molecule has 0 unspecified atom stereocenters. The van der Waals surface area contributed by atoms with E-state index in [0.717, 1.165) is 44.0 Å². The van der Waals surface area contributed by atoms with Crippen molar-refractivity contribution in [1.82, 2.24) is 15.1 Å². The van der Waals surface area contributed by atoms with Gasteiger partial charge in [0.25, 0.3) is 0 Å². The van der Waals surface area contributed by atoms with E-state index in [1.165, 1.54) is 6.07 Å². The smallest absolute Gasteiger partial charge is 0.222 e. The van der Waals surface area contributed by atoms with Crippen molar-refractivity contribution in [3.05, 3.63) is 35.6 Å². The van der Waals surface area contributed by atoms with Crippen LogP contribution in [0.1, 0.15) is 31.7 Å². The highest BCUT2D eigenvalue weighted by molar-refractivity contribution is 14.0. The summed E-state index contributed by atoms with van der Waals surface area (Å²) in [7, 11) is 1.94. The van der Waals surface area contributed by atoms with E-state index in [1.807, 2.05) is 29.8 Å². The molecule has 0 atom stereocenters. The number of hydrogen-bond acceptors (Lipinski definition) is 2. The summed E-state index contributed by atoms with van der Waals surface area (Å²) in [5.41, 5.74) is 0.908. The lowest BCUT2D eigenvalue weighted by Gasteiger charge is -2.22. The molecule has 1 amide bonds. The number of nitrogens with one attached hydrogen (secondary N) is 1. The SMILES string of the molecule is CCNC(=NCCCN1CCCC1=O)N(C)Cc1cccc(F)c1.I. The number of carbonyl (C=O) groups excluding carboxylic acids is 1. The predicted octanol–water partition coefficient (Wildman–Crippen LogP) is 2.85. The molecule has 1 aromatic carbocycles. The highest BCUT2D eigenvalue weighted by Gasteiger charge is 2.18. The van der Waals surface area contributed by atoms with Crippen LogP contribution in [0, 0.1) is 5.82 Å². The van der Waals surface area contributed by atoms with Crippen LogP contribution in [-0.4, -0.2) is 54.9 Å². The van der Waals surface area contributed by atoms with E-state index < -0.39 is 0 Å². The number of halogens is 2. The number of likely N-dealkylation sites (tertiary alicyclic amines) is 1. The lowest BCUT2D eigenvalue weighted by Crippen LogP contribution is -2.38. The Balaban J connectivity index is 0.00000312. The van der Waals surface area contributed by atoms with Crippen LogP contribution in [0.4, 0.5) is 4.39 Å². The average molecular weight is 462 g/mol. The fourth-order valence-electron chi connectivity index (χ4n) is 2.84. The van der Waals surface area contributed by atoms with Gasteiger partial charge in [-0.1, -0.05) is 12.1 Å². The molecule has 1 N–H and O–H groups in total. The van der Waals surface area contributed by atoms with E-state index in [9.17, 15) is 9.18 Å². The van der Waals surface area contributed by atoms with E-state index in [0.29, 0.717) is 19.5 Å². The largest absolute Gasteiger partial charge is 0.357 e. The molecule has 1 aliphatic heterocycles. The van der Waals surface area contributed by atoms with E-state index in [2.05, 4.69) is 10.3 Å². The van der Waals surface area contributed by atoms with Crippen LogP contribution >= 0.6 is 24.0 Å². The van der Waals surface area contributed by atoms with Gasteiger partial charge < -0.3 is 15.1 Å². The molecule has 1 heterocycles. The molecule has 0 aliphatic carbocycles. The van der Waals surface area contributed by atoms with Crippen molar-refractivity contribution >= 4 is 35.8 Å². The molecule has 0 saturated carbocycles. The quantitative estimate of drug-likeness (QED) is 0.294. The summed E-state index contributed by atoms with van der Waals surface area (Å²) in [5, 5.41) is 3.26. The van der Waals surface area contributed by atoms with E-state index >= 15 is 0 Å². The third kappa shape index (κ3) is 7.17. The van der Waals surface area contributed by atoms with Crippen LogP contribution in [0.3, 0.4) is 0 Å². The normalized spacial score (nSPS) is 14.4. The second kappa shape index (κ2) is 11.3. The number of hydrogen-bond donors (Lipinski definition) is 1. The standard InChI is InChI=1S/C18H27FN4O.HI/c1-3-20-18(21-10-6-12-23-11-5-9-17(23)24)22(2)14-15-7-4-8-16(19)13-15;/h4,7-8,13H,3,5-6,9-12,14H2,1-2H3,(H,20,21);1H. The van der Waals surface area contributed by atoms with E-state index in [4.69, 9.17) is 0 Å². The van der Waals surface area contributed by atoms with Gasteiger partial charge in [-0.15, -0.1) is 24.0 Å². The first-order valence-electron chi connectivity index (χ1n) is 8.62. The van der Waals surface area contributed by atoms with Crippen LogP contribution < -0.4 is 5.32 Å². The lowest BCUT2D eigenvalue weighted by atomic mass is 10.2. The summed E-state index contributed by atoms with van der Waals surface area (Å²) in [6.45, 7) is 5.70. The minimum absolute atomic E-state index is 0. The first-order chi connectivity index (χ1) is 11.6. The van der Waals surface area contributed by atoms with Crippen LogP contribution in [-0.2, 0) is 11.3 Å².